The van der Waals surface area contributed by atoms with E-state index in [1.54, 1.807) is 16.4 Å². The van der Waals surface area contributed by atoms with Crippen LogP contribution in [0.15, 0.2) is 71.9 Å². The lowest BCUT2D eigenvalue weighted by Crippen LogP contribution is -2.11. The van der Waals surface area contributed by atoms with Gasteiger partial charge in [0.15, 0.2) is 5.82 Å². The van der Waals surface area contributed by atoms with Crippen molar-refractivity contribution in [2.75, 3.05) is 12.4 Å². The molecule has 0 amide bonds. The Kier molecular flexibility index (Phi) is 4.98. The molecule has 0 saturated carbocycles. The van der Waals surface area contributed by atoms with E-state index < -0.39 is 0 Å². The zero-order valence-corrected chi connectivity index (χ0v) is 15.8. The summed E-state index contributed by atoms with van der Waals surface area (Å²) in [5.74, 6) is 8.49. The molecule has 0 saturated heterocycles. The van der Waals surface area contributed by atoms with E-state index in [0.29, 0.717) is 17.6 Å². The van der Waals surface area contributed by atoms with Gasteiger partial charge in [0.25, 0.3) is 0 Å². The second-order valence-electron chi connectivity index (χ2n) is 6.06. The standard InChI is InChI=1S/C21H20N4OS/c1-2-26-18-12-10-16(11-13-18)20-23-24-21(25(20)22)27-14-17-8-5-7-15-6-3-4-9-19(15)17/h3-13H,2,14,22H2,1H3. The van der Waals surface area contributed by atoms with Gasteiger partial charge in [-0.2, -0.15) is 0 Å². The van der Waals surface area contributed by atoms with Crippen LogP contribution in [0.25, 0.3) is 22.2 Å². The van der Waals surface area contributed by atoms with Gasteiger partial charge in [0.05, 0.1) is 6.61 Å². The van der Waals surface area contributed by atoms with Crippen LogP contribution in [0.5, 0.6) is 5.75 Å². The molecule has 0 bridgehead atoms. The minimum atomic E-state index is 0.637. The van der Waals surface area contributed by atoms with Crippen molar-refractivity contribution in [3.8, 4) is 17.1 Å². The van der Waals surface area contributed by atoms with Crippen molar-refractivity contribution in [1.29, 1.82) is 0 Å². The molecular formula is C21H20N4OS. The predicted molar refractivity (Wildman–Crippen MR) is 110 cm³/mol. The summed E-state index contributed by atoms with van der Waals surface area (Å²) in [6.07, 6.45) is 0. The molecule has 4 aromatic rings. The minimum absolute atomic E-state index is 0.637. The second-order valence-corrected chi connectivity index (χ2v) is 7.00. The maximum Gasteiger partial charge on any atom is 0.210 e. The fraction of sp³-hybridized carbons (Fsp3) is 0.143. The summed E-state index contributed by atoms with van der Waals surface area (Å²) in [5, 5.41) is 11.7. The quantitative estimate of drug-likeness (QED) is 0.396. The molecule has 27 heavy (non-hydrogen) atoms. The van der Waals surface area contributed by atoms with E-state index in [9.17, 15) is 0 Å². The van der Waals surface area contributed by atoms with E-state index in [1.165, 1.54) is 16.3 Å². The first-order chi connectivity index (χ1) is 13.3. The Bertz CT molecular complexity index is 1050. The van der Waals surface area contributed by atoms with Gasteiger partial charge in [-0.3, -0.25) is 0 Å². The summed E-state index contributed by atoms with van der Waals surface area (Å²) < 4.78 is 7.02. The van der Waals surface area contributed by atoms with Gasteiger partial charge in [-0.25, -0.2) is 4.68 Å². The zero-order valence-electron chi connectivity index (χ0n) is 15.0. The summed E-state index contributed by atoms with van der Waals surface area (Å²) in [6.45, 7) is 2.60. The van der Waals surface area contributed by atoms with E-state index in [4.69, 9.17) is 10.6 Å². The molecule has 4 rings (SSSR count). The van der Waals surface area contributed by atoms with Crippen molar-refractivity contribution in [2.24, 2.45) is 0 Å². The number of benzene rings is 3. The average molecular weight is 376 g/mol. The van der Waals surface area contributed by atoms with Crippen molar-refractivity contribution in [3.63, 3.8) is 0 Å². The van der Waals surface area contributed by atoms with Gasteiger partial charge < -0.3 is 10.6 Å². The Morgan fingerprint density at radius 1 is 0.963 bits per heavy atom. The molecule has 1 heterocycles. The minimum Gasteiger partial charge on any atom is -0.494 e. The molecule has 0 aliphatic heterocycles. The first-order valence-corrected chi connectivity index (χ1v) is 9.78. The Morgan fingerprint density at radius 2 is 1.74 bits per heavy atom. The Balaban J connectivity index is 1.54. The van der Waals surface area contributed by atoms with Gasteiger partial charge in [-0.1, -0.05) is 54.2 Å². The molecule has 2 N–H and O–H groups in total. The summed E-state index contributed by atoms with van der Waals surface area (Å²) >= 11 is 1.58. The smallest absolute Gasteiger partial charge is 0.210 e. The van der Waals surface area contributed by atoms with Crippen molar-refractivity contribution in [1.82, 2.24) is 14.9 Å². The van der Waals surface area contributed by atoms with Gasteiger partial charge in [-0.15, -0.1) is 10.2 Å². The van der Waals surface area contributed by atoms with Crippen LogP contribution in [0.1, 0.15) is 12.5 Å². The number of ether oxygens (including phenoxy) is 1. The Morgan fingerprint density at radius 3 is 2.56 bits per heavy atom. The molecule has 0 aliphatic rings. The molecule has 6 heteroatoms. The third-order valence-electron chi connectivity index (χ3n) is 4.32. The van der Waals surface area contributed by atoms with E-state index >= 15 is 0 Å². The predicted octanol–water partition coefficient (Wildman–Crippen LogP) is 4.50. The van der Waals surface area contributed by atoms with Crippen molar-refractivity contribution in [3.05, 3.63) is 72.3 Å². The maximum atomic E-state index is 6.25. The van der Waals surface area contributed by atoms with Crippen molar-refractivity contribution >= 4 is 22.5 Å². The molecule has 0 unspecified atom stereocenters. The zero-order chi connectivity index (χ0) is 18.6. The number of hydrogen-bond donors (Lipinski definition) is 1. The Hall–Kier alpha value is -2.99. The van der Waals surface area contributed by atoms with E-state index in [1.807, 2.05) is 31.2 Å². The van der Waals surface area contributed by atoms with Crippen LogP contribution >= 0.6 is 11.8 Å². The summed E-state index contributed by atoms with van der Waals surface area (Å²) in [7, 11) is 0. The number of aromatic nitrogens is 3. The van der Waals surface area contributed by atoms with Gasteiger partial charge in [0.2, 0.25) is 5.16 Å². The highest BCUT2D eigenvalue weighted by Gasteiger charge is 2.13. The third kappa shape index (κ3) is 3.61. The van der Waals surface area contributed by atoms with Crippen LogP contribution in [0.3, 0.4) is 0 Å². The van der Waals surface area contributed by atoms with Crippen LogP contribution < -0.4 is 10.6 Å². The Labute approximate surface area is 162 Å². The fourth-order valence-electron chi connectivity index (χ4n) is 3.00. The highest BCUT2D eigenvalue weighted by atomic mass is 32.2. The third-order valence-corrected chi connectivity index (χ3v) is 5.32. The van der Waals surface area contributed by atoms with Crippen molar-refractivity contribution in [2.45, 2.75) is 17.8 Å². The molecule has 0 atom stereocenters. The average Bonchev–Trinajstić information content (AvgIpc) is 3.07. The first kappa shape index (κ1) is 17.4. The largest absolute Gasteiger partial charge is 0.494 e. The topological polar surface area (TPSA) is 66.0 Å². The molecule has 5 nitrogen and oxygen atoms in total. The van der Waals surface area contributed by atoms with Crippen molar-refractivity contribution < 1.29 is 4.74 Å². The molecule has 0 spiro atoms. The fourth-order valence-corrected chi connectivity index (χ4v) is 3.86. The highest BCUT2D eigenvalue weighted by Crippen LogP contribution is 2.28. The van der Waals surface area contributed by atoms with Crippen LogP contribution in [-0.4, -0.2) is 21.5 Å². The first-order valence-electron chi connectivity index (χ1n) is 8.79. The lowest BCUT2D eigenvalue weighted by molar-refractivity contribution is 0.340. The van der Waals surface area contributed by atoms with E-state index in [2.05, 4.69) is 52.7 Å². The van der Waals surface area contributed by atoms with Crippen LogP contribution in [0.4, 0.5) is 0 Å². The van der Waals surface area contributed by atoms with E-state index in [0.717, 1.165) is 17.1 Å². The van der Waals surface area contributed by atoms with Gasteiger partial charge in [0.1, 0.15) is 5.75 Å². The molecule has 0 fully saturated rings. The highest BCUT2D eigenvalue weighted by molar-refractivity contribution is 7.98. The lowest BCUT2D eigenvalue weighted by atomic mass is 10.1. The molecule has 3 aromatic carbocycles. The number of nitrogen functional groups attached to an aromatic ring is 1. The van der Waals surface area contributed by atoms with Gasteiger partial charge in [0, 0.05) is 11.3 Å². The van der Waals surface area contributed by atoms with E-state index in [-0.39, 0.29) is 0 Å². The molecule has 1 aromatic heterocycles. The van der Waals surface area contributed by atoms with Crippen LogP contribution in [-0.2, 0) is 5.75 Å². The summed E-state index contributed by atoms with van der Waals surface area (Å²) in [6, 6.07) is 22.4. The number of hydrogen-bond acceptors (Lipinski definition) is 5. The van der Waals surface area contributed by atoms with Crippen LogP contribution in [0, 0.1) is 0 Å². The SMILES string of the molecule is CCOc1ccc(-c2nnc(SCc3cccc4ccccc34)n2N)cc1. The number of fused-ring (bicyclic) bond motifs is 1. The maximum absolute atomic E-state index is 6.25. The van der Waals surface area contributed by atoms with Gasteiger partial charge >= 0.3 is 0 Å². The molecule has 0 aliphatic carbocycles. The number of nitrogens with zero attached hydrogens (tertiary/aromatic N) is 3. The van der Waals surface area contributed by atoms with Crippen LogP contribution in [0.2, 0.25) is 0 Å². The number of nitrogens with two attached hydrogens (primary N) is 1. The summed E-state index contributed by atoms with van der Waals surface area (Å²) in [4.78, 5) is 0. The lowest BCUT2D eigenvalue weighted by Gasteiger charge is -2.07. The number of rotatable bonds is 6. The molecule has 0 radical (unpaired) electrons. The number of thioether (sulfide) groups is 1. The van der Waals surface area contributed by atoms with Gasteiger partial charge in [-0.05, 0) is 47.5 Å². The summed E-state index contributed by atoms with van der Waals surface area (Å²) in [5.41, 5.74) is 2.16. The monoisotopic (exact) mass is 376 g/mol. The normalized spacial score (nSPS) is 11.0. The second kappa shape index (κ2) is 7.72. The molecular weight excluding hydrogens is 356 g/mol. The molecule has 136 valence electrons.